The number of hydrogen-bond acceptors (Lipinski definition) is 2. The molecular weight excluding hydrogens is 385 g/mol. The van der Waals surface area contributed by atoms with Gasteiger partial charge in [0.25, 0.3) is 5.91 Å². The van der Waals surface area contributed by atoms with Gasteiger partial charge in [0.1, 0.15) is 11.6 Å². The second kappa shape index (κ2) is 8.99. The highest BCUT2D eigenvalue weighted by atomic mass is 79.9. The van der Waals surface area contributed by atoms with E-state index in [0.29, 0.717) is 16.1 Å². The molecule has 134 valence electrons. The van der Waals surface area contributed by atoms with Gasteiger partial charge in [0.15, 0.2) is 6.61 Å². The van der Waals surface area contributed by atoms with Crippen LogP contribution in [0.15, 0.2) is 46.9 Å². The molecule has 0 aliphatic heterocycles. The van der Waals surface area contributed by atoms with Crippen LogP contribution in [-0.2, 0) is 11.2 Å². The van der Waals surface area contributed by atoms with E-state index in [1.165, 1.54) is 23.8 Å². The van der Waals surface area contributed by atoms with Gasteiger partial charge in [-0.15, -0.1) is 0 Å². The first-order chi connectivity index (χ1) is 11.8. The quantitative estimate of drug-likeness (QED) is 0.697. The zero-order valence-electron chi connectivity index (χ0n) is 14.7. The Morgan fingerprint density at radius 2 is 1.84 bits per heavy atom. The molecule has 0 saturated heterocycles. The van der Waals surface area contributed by atoms with E-state index >= 15 is 0 Å². The van der Waals surface area contributed by atoms with Gasteiger partial charge < -0.3 is 10.1 Å². The maximum atomic E-state index is 13.0. The Morgan fingerprint density at radius 3 is 2.44 bits per heavy atom. The number of carbonyl (C=O) groups is 1. The summed E-state index contributed by atoms with van der Waals surface area (Å²) in [6.07, 6.45) is 1.04. The number of hydrogen-bond donors (Lipinski definition) is 1. The molecule has 0 aliphatic carbocycles. The zero-order chi connectivity index (χ0) is 18.4. The van der Waals surface area contributed by atoms with Gasteiger partial charge in [-0.2, -0.15) is 0 Å². The van der Waals surface area contributed by atoms with Gasteiger partial charge in [0, 0.05) is 0 Å². The van der Waals surface area contributed by atoms with Crippen LogP contribution in [0.1, 0.15) is 37.9 Å². The fourth-order valence-corrected chi connectivity index (χ4v) is 2.98. The summed E-state index contributed by atoms with van der Waals surface area (Å²) in [4.78, 5) is 12.1. The Morgan fingerprint density at radius 1 is 1.16 bits per heavy atom. The third-order valence-corrected chi connectivity index (χ3v) is 4.37. The Labute approximate surface area is 156 Å². The molecule has 2 aromatic carbocycles. The molecule has 2 rings (SSSR count). The van der Waals surface area contributed by atoms with Crippen molar-refractivity contribution < 1.29 is 13.9 Å². The third-order valence-electron chi connectivity index (χ3n) is 3.75. The lowest BCUT2D eigenvalue weighted by atomic mass is 10.00. The largest absolute Gasteiger partial charge is 0.483 e. The van der Waals surface area contributed by atoms with Crippen LogP contribution in [0.2, 0.25) is 0 Å². The number of nitrogens with one attached hydrogen (secondary N) is 1. The van der Waals surface area contributed by atoms with E-state index in [4.69, 9.17) is 4.74 Å². The summed E-state index contributed by atoms with van der Waals surface area (Å²) in [5.41, 5.74) is 2.34. The van der Waals surface area contributed by atoms with E-state index in [1.54, 1.807) is 0 Å². The first kappa shape index (κ1) is 19.4. The van der Waals surface area contributed by atoms with Crippen LogP contribution in [0.3, 0.4) is 0 Å². The number of ether oxygens (including phenoxy) is 1. The summed E-state index contributed by atoms with van der Waals surface area (Å²) < 4.78 is 18.9. The van der Waals surface area contributed by atoms with Crippen molar-refractivity contribution in [1.82, 2.24) is 5.32 Å². The minimum absolute atomic E-state index is 0.110. The molecule has 1 amide bonds. The summed E-state index contributed by atoms with van der Waals surface area (Å²) in [6, 6.07) is 12.3. The lowest BCUT2D eigenvalue weighted by molar-refractivity contribution is -0.123. The minimum atomic E-state index is -0.363. The van der Waals surface area contributed by atoms with E-state index in [-0.39, 0.29) is 24.4 Å². The fourth-order valence-electron chi connectivity index (χ4n) is 2.52. The van der Waals surface area contributed by atoms with Crippen LogP contribution in [0.5, 0.6) is 5.75 Å². The summed E-state index contributed by atoms with van der Waals surface area (Å²) in [5.74, 6) is 0.460. The Kier molecular flexibility index (Phi) is 7.00. The van der Waals surface area contributed by atoms with Crippen LogP contribution in [0, 0.1) is 11.7 Å². The molecule has 0 fully saturated rings. The third kappa shape index (κ3) is 6.16. The first-order valence-corrected chi connectivity index (χ1v) is 9.10. The van der Waals surface area contributed by atoms with Crippen molar-refractivity contribution in [2.24, 2.45) is 5.92 Å². The van der Waals surface area contributed by atoms with Gasteiger partial charge in [-0.1, -0.05) is 38.1 Å². The van der Waals surface area contributed by atoms with Gasteiger partial charge >= 0.3 is 0 Å². The summed E-state index contributed by atoms with van der Waals surface area (Å²) in [7, 11) is 0. The van der Waals surface area contributed by atoms with Crippen LogP contribution in [-0.4, -0.2) is 12.5 Å². The smallest absolute Gasteiger partial charge is 0.258 e. The van der Waals surface area contributed by atoms with Crippen LogP contribution in [0.4, 0.5) is 4.39 Å². The van der Waals surface area contributed by atoms with Crippen molar-refractivity contribution in [3.63, 3.8) is 0 Å². The molecule has 25 heavy (non-hydrogen) atoms. The number of carbonyl (C=O) groups excluding carboxylic acids is 1. The predicted octanol–water partition coefficient (Wildman–Crippen LogP) is 5.04. The average molecular weight is 408 g/mol. The maximum absolute atomic E-state index is 13.0. The number of amides is 1. The lowest BCUT2D eigenvalue weighted by Crippen LogP contribution is -2.31. The first-order valence-electron chi connectivity index (χ1n) is 8.31. The Hall–Kier alpha value is -1.88. The second-order valence-corrected chi connectivity index (χ2v) is 7.35. The van der Waals surface area contributed by atoms with Crippen molar-refractivity contribution >= 4 is 21.8 Å². The van der Waals surface area contributed by atoms with E-state index in [1.807, 2.05) is 19.1 Å². The fraction of sp³-hybridized carbons (Fsp3) is 0.350. The molecule has 0 aromatic heterocycles. The molecule has 0 saturated carbocycles. The highest BCUT2D eigenvalue weighted by Gasteiger charge is 2.11. The van der Waals surface area contributed by atoms with Gasteiger partial charge in [-0.05, 0) is 64.5 Å². The molecule has 0 spiro atoms. The van der Waals surface area contributed by atoms with E-state index < -0.39 is 0 Å². The molecule has 1 N–H and O–H groups in total. The monoisotopic (exact) mass is 407 g/mol. The van der Waals surface area contributed by atoms with Crippen molar-refractivity contribution in [1.29, 1.82) is 0 Å². The Bertz CT molecular complexity index is 716. The SMILES string of the molecule is CC(C)Cc1ccc(C(C)NC(=O)COc2ccc(F)cc2Br)cc1. The summed E-state index contributed by atoms with van der Waals surface area (Å²) >= 11 is 3.21. The van der Waals surface area contributed by atoms with E-state index in [9.17, 15) is 9.18 Å². The molecule has 0 radical (unpaired) electrons. The number of rotatable bonds is 7. The van der Waals surface area contributed by atoms with Gasteiger partial charge in [-0.3, -0.25) is 4.79 Å². The van der Waals surface area contributed by atoms with Gasteiger partial charge in [0.2, 0.25) is 0 Å². The molecule has 0 bridgehead atoms. The number of benzene rings is 2. The topological polar surface area (TPSA) is 38.3 Å². The Balaban J connectivity index is 1.87. The normalized spacial score (nSPS) is 12.1. The van der Waals surface area contributed by atoms with Crippen molar-refractivity contribution in [3.05, 3.63) is 63.9 Å². The lowest BCUT2D eigenvalue weighted by Gasteiger charge is -2.16. The molecule has 1 atom stereocenters. The van der Waals surface area contributed by atoms with Crippen LogP contribution in [0.25, 0.3) is 0 Å². The summed E-state index contributed by atoms with van der Waals surface area (Å²) in [6.45, 7) is 6.19. The van der Waals surface area contributed by atoms with Crippen LogP contribution >= 0.6 is 15.9 Å². The predicted molar refractivity (Wildman–Crippen MR) is 101 cm³/mol. The summed E-state index contributed by atoms with van der Waals surface area (Å²) in [5, 5.41) is 2.90. The molecule has 5 heteroatoms. The second-order valence-electron chi connectivity index (χ2n) is 6.49. The molecule has 0 heterocycles. The van der Waals surface area contributed by atoms with Crippen LogP contribution < -0.4 is 10.1 Å². The van der Waals surface area contributed by atoms with E-state index in [2.05, 4.69) is 47.2 Å². The van der Waals surface area contributed by atoms with Crippen molar-refractivity contribution in [2.45, 2.75) is 33.2 Å². The van der Waals surface area contributed by atoms with Gasteiger partial charge in [0.05, 0.1) is 10.5 Å². The van der Waals surface area contributed by atoms with Gasteiger partial charge in [-0.25, -0.2) is 4.39 Å². The average Bonchev–Trinajstić information content (AvgIpc) is 2.54. The maximum Gasteiger partial charge on any atom is 0.258 e. The zero-order valence-corrected chi connectivity index (χ0v) is 16.3. The van der Waals surface area contributed by atoms with E-state index in [0.717, 1.165) is 12.0 Å². The minimum Gasteiger partial charge on any atom is -0.483 e. The number of halogens is 2. The highest BCUT2D eigenvalue weighted by Crippen LogP contribution is 2.25. The molecule has 0 aliphatic rings. The molecule has 1 unspecified atom stereocenters. The molecule has 2 aromatic rings. The van der Waals surface area contributed by atoms with Crippen molar-refractivity contribution in [2.75, 3.05) is 6.61 Å². The highest BCUT2D eigenvalue weighted by molar-refractivity contribution is 9.10. The standard InChI is InChI=1S/C20H23BrFNO2/c1-13(2)10-15-4-6-16(7-5-15)14(3)23-20(24)12-25-19-9-8-17(22)11-18(19)21/h4-9,11,13-14H,10,12H2,1-3H3,(H,23,24). The molecular formula is C20H23BrFNO2. The van der Waals surface area contributed by atoms with Crippen molar-refractivity contribution in [3.8, 4) is 5.75 Å². The molecule has 3 nitrogen and oxygen atoms in total.